The number of rotatable bonds is 7. The quantitative estimate of drug-likeness (QED) is 0.404. The fourth-order valence-electron chi connectivity index (χ4n) is 4.08. The van der Waals surface area contributed by atoms with Crippen molar-refractivity contribution in [3.63, 3.8) is 0 Å². The van der Waals surface area contributed by atoms with E-state index in [1.165, 1.54) is 28.1 Å². The van der Waals surface area contributed by atoms with Crippen LogP contribution in [0.25, 0.3) is 10.8 Å². The van der Waals surface area contributed by atoms with Gasteiger partial charge in [-0.25, -0.2) is 0 Å². The third-order valence-electron chi connectivity index (χ3n) is 5.81. The molecule has 0 saturated carbocycles. The Morgan fingerprint density at radius 2 is 1.81 bits per heavy atom. The second kappa shape index (κ2) is 9.58. The van der Waals surface area contributed by atoms with E-state index in [2.05, 4.69) is 57.6 Å². The third kappa shape index (κ3) is 4.71. The van der Waals surface area contributed by atoms with Gasteiger partial charge in [0.05, 0.1) is 18.6 Å². The molecule has 5 rings (SSSR count). The molecule has 1 saturated heterocycles. The molecule has 2 aromatic carbocycles. The lowest BCUT2D eigenvalue weighted by Gasteiger charge is -2.35. The highest BCUT2D eigenvalue weighted by atomic mass is 32.2. The number of carbonyl (C=O) groups is 1. The number of aromatic nitrogens is 3. The third-order valence-corrected chi connectivity index (χ3v) is 6.78. The van der Waals surface area contributed by atoms with Gasteiger partial charge in [-0.2, -0.15) is 0 Å². The number of piperazine rings is 1. The highest BCUT2D eigenvalue weighted by molar-refractivity contribution is 7.99. The standard InChI is InChI=1S/C24H25N5O2S/c30-23(17-32-24-26-25-18-29(24)16-21-8-4-14-31-21)28-12-10-27(11-13-28)15-20-7-3-6-19-5-1-2-9-22(19)20/h1-9,14,18H,10-13,15-17H2. The molecule has 8 heteroatoms. The molecule has 1 amide bonds. The molecule has 1 fully saturated rings. The molecule has 32 heavy (non-hydrogen) atoms. The molecule has 7 nitrogen and oxygen atoms in total. The summed E-state index contributed by atoms with van der Waals surface area (Å²) in [5, 5.41) is 11.4. The normalized spacial score (nSPS) is 14.8. The average Bonchev–Trinajstić information content (AvgIpc) is 3.51. The van der Waals surface area contributed by atoms with E-state index in [0.717, 1.165) is 43.6 Å². The Morgan fingerprint density at radius 3 is 2.66 bits per heavy atom. The summed E-state index contributed by atoms with van der Waals surface area (Å²) >= 11 is 1.43. The molecule has 3 heterocycles. The molecule has 0 spiro atoms. The van der Waals surface area contributed by atoms with Gasteiger partial charge in [0.25, 0.3) is 0 Å². The first-order valence-corrected chi connectivity index (χ1v) is 11.7. The first kappa shape index (κ1) is 20.8. The molecule has 0 N–H and O–H groups in total. The van der Waals surface area contributed by atoms with Crippen LogP contribution in [-0.4, -0.2) is 62.4 Å². The van der Waals surface area contributed by atoms with E-state index < -0.39 is 0 Å². The maximum atomic E-state index is 12.8. The van der Waals surface area contributed by atoms with Crippen LogP contribution < -0.4 is 0 Å². The summed E-state index contributed by atoms with van der Waals surface area (Å²) in [6, 6.07) is 18.8. The summed E-state index contributed by atoms with van der Waals surface area (Å²) in [6.07, 6.45) is 3.32. The lowest BCUT2D eigenvalue weighted by atomic mass is 10.0. The van der Waals surface area contributed by atoms with Crippen LogP contribution in [0.5, 0.6) is 0 Å². The molecule has 0 aliphatic carbocycles. The van der Waals surface area contributed by atoms with Crippen molar-refractivity contribution in [2.24, 2.45) is 0 Å². The van der Waals surface area contributed by atoms with E-state index in [0.29, 0.717) is 12.3 Å². The van der Waals surface area contributed by atoms with Gasteiger partial charge in [0.1, 0.15) is 12.1 Å². The smallest absolute Gasteiger partial charge is 0.233 e. The first-order valence-electron chi connectivity index (χ1n) is 10.8. The van der Waals surface area contributed by atoms with Crippen molar-refractivity contribution in [3.05, 3.63) is 78.5 Å². The molecule has 2 aromatic heterocycles. The molecule has 1 aliphatic heterocycles. The maximum absolute atomic E-state index is 12.8. The van der Waals surface area contributed by atoms with E-state index in [4.69, 9.17) is 4.42 Å². The van der Waals surface area contributed by atoms with Gasteiger partial charge in [0.15, 0.2) is 5.16 Å². The molecule has 4 aromatic rings. The minimum atomic E-state index is 0.146. The number of thioether (sulfide) groups is 1. The van der Waals surface area contributed by atoms with E-state index >= 15 is 0 Å². The van der Waals surface area contributed by atoms with Crippen LogP contribution in [0.4, 0.5) is 0 Å². The number of benzene rings is 2. The Hall–Kier alpha value is -3.10. The number of hydrogen-bond acceptors (Lipinski definition) is 6. The second-order valence-corrected chi connectivity index (χ2v) is 8.85. The SMILES string of the molecule is O=C(CSc1nncn1Cc1ccco1)N1CCN(Cc2cccc3ccccc23)CC1. The molecule has 0 unspecified atom stereocenters. The Kier molecular flexibility index (Phi) is 6.22. The summed E-state index contributed by atoms with van der Waals surface area (Å²) in [5.74, 6) is 1.34. The Morgan fingerprint density at radius 1 is 0.969 bits per heavy atom. The van der Waals surface area contributed by atoms with Crippen molar-refractivity contribution in [2.75, 3.05) is 31.9 Å². The zero-order valence-electron chi connectivity index (χ0n) is 17.8. The number of carbonyl (C=O) groups excluding carboxylic acids is 1. The van der Waals surface area contributed by atoms with Crippen LogP contribution in [-0.2, 0) is 17.9 Å². The van der Waals surface area contributed by atoms with Crippen molar-refractivity contribution in [1.82, 2.24) is 24.6 Å². The van der Waals surface area contributed by atoms with Gasteiger partial charge >= 0.3 is 0 Å². The Labute approximate surface area is 191 Å². The summed E-state index contributed by atoms with van der Waals surface area (Å²) in [4.78, 5) is 17.2. The lowest BCUT2D eigenvalue weighted by Crippen LogP contribution is -2.48. The Bertz CT molecular complexity index is 1180. The Balaban J connectivity index is 1.12. The van der Waals surface area contributed by atoms with Gasteiger partial charge in [-0.1, -0.05) is 54.2 Å². The predicted molar refractivity (Wildman–Crippen MR) is 124 cm³/mol. The number of fused-ring (bicyclic) bond motifs is 1. The highest BCUT2D eigenvalue weighted by Gasteiger charge is 2.22. The monoisotopic (exact) mass is 447 g/mol. The van der Waals surface area contributed by atoms with Crippen molar-refractivity contribution in [1.29, 1.82) is 0 Å². The maximum Gasteiger partial charge on any atom is 0.233 e. The predicted octanol–water partition coefficient (Wildman–Crippen LogP) is 3.51. The van der Waals surface area contributed by atoms with Crippen LogP contribution in [0.15, 0.2) is 76.8 Å². The van der Waals surface area contributed by atoms with Gasteiger partial charge in [0.2, 0.25) is 5.91 Å². The molecule has 0 radical (unpaired) electrons. The van der Waals surface area contributed by atoms with Crippen molar-refractivity contribution >= 4 is 28.4 Å². The summed E-state index contributed by atoms with van der Waals surface area (Å²) in [6.45, 7) is 4.74. The number of amides is 1. The van der Waals surface area contributed by atoms with Crippen molar-refractivity contribution in [3.8, 4) is 0 Å². The van der Waals surface area contributed by atoms with Crippen molar-refractivity contribution < 1.29 is 9.21 Å². The number of hydrogen-bond donors (Lipinski definition) is 0. The molecular formula is C24H25N5O2S. The number of furan rings is 1. The van der Waals surface area contributed by atoms with Gasteiger partial charge < -0.3 is 13.9 Å². The average molecular weight is 448 g/mol. The van der Waals surface area contributed by atoms with Crippen LogP contribution in [0, 0.1) is 0 Å². The second-order valence-electron chi connectivity index (χ2n) is 7.90. The van der Waals surface area contributed by atoms with Crippen LogP contribution in [0.1, 0.15) is 11.3 Å². The number of nitrogens with zero attached hydrogens (tertiary/aromatic N) is 5. The lowest BCUT2D eigenvalue weighted by molar-refractivity contribution is -0.130. The first-order chi connectivity index (χ1) is 15.8. The fourth-order valence-corrected chi connectivity index (χ4v) is 4.90. The van der Waals surface area contributed by atoms with E-state index in [9.17, 15) is 4.79 Å². The van der Waals surface area contributed by atoms with E-state index in [1.807, 2.05) is 21.6 Å². The van der Waals surface area contributed by atoms with E-state index in [-0.39, 0.29) is 5.91 Å². The minimum absolute atomic E-state index is 0.146. The molecule has 0 bridgehead atoms. The van der Waals surface area contributed by atoms with Gasteiger partial charge in [0, 0.05) is 32.7 Å². The summed E-state index contributed by atoms with van der Waals surface area (Å²) in [5.41, 5.74) is 1.34. The van der Waals surface area contributed by atoms with E-state index in [1.54, 1.807) is 12.6 Å². The minimum Gasteiger partial charge on any atom is -0.467 e. The molecular weight excluding hydrogens is 422 g/mol. The van der Waals surface area contributed by atoms with Crippen LogP contribution in [0.2, 0.25) is 0 Å². The topological polar surface area (TPSA) is 67.4 Å². The van der Waals surface area contributed by atoms with Crippen LogP contribution >= 0.6 is 11.8 Å². The van der Waals surface area contributed by atoms with Gasteiger partial charge in [-0.05, 0) is 28.5 Å². The van der Waals surface area contributed by atoms with Crippen LogP contribution in [0.3, 0.4) is 0 Å². The molecule has 0 atom stereocenters. The molecule has 1 aliphatic rings. The summed E-state index contributed by atoms with van der Waals surface area (Å²) in [7, 11) is 0. The highest BCUT2D eigenvalue weighted by Crippen LogP contribution is 2.21. The van der Waals surface area contributed by atoms with Gasteiger partial charge in [-0.3, -0.25) is 9.69 Å². The zero-order valence-corrected chi connectivity index (χ0v) is 18.6. The van der Waals surface area contributed by atoms with Crippen molar-refractivity contribution in [2.45, 2.75) is 18.2 Å². The fraction of sp³-hybridized carbons (Fsp3) is 0.292. The largest absolute Gasteiger partial charge is 0.467 e. The molecule has 164 valence electrons. The summed E-state index contributed by atoms with van der Waals surface area (Å²) < 4.78 is 7.30. The zero-order chi connectivity index (χ0) is 21.8. The van der Waals surface area contributed by atoms with Gasteiger partial charge in [-0.15, -0.1) is 10.2 Å².